The van der Waals surface area contributed by atoms with Crippen molar-refractivity contribution < 1.29 is 28.9 Å². The molecule has 13 heteroatoms. The van der Waals surface area contributed by atoms with E-state index in [1.807, 2.05) is 0 Å². The van der Waals surface area contributed by atoms with Crippen LogP contribution in [0.4, 0.5) is 11.4 Å². The molecular formula is C16H11BrN4O8. The van der Waals surface area contributed by atoms with Crippen LogP contribution < -0.4 is 19.6 Å². The number of hydrogen-bond acceptors (Lipinski definition) is 9. The number of nitro groups is 2. The van der Waals surface area contributed by atoms with E-state index in [2.05, 4.69) is 26.5 Å². The molecule has 3 rings (SSSR count). The quantitative estimate of drug-likeness (QED) is 0.370. The SMILES string of the molecule is O=C(COc1ccc([N+](=O)[O-])cc1Br)N/N=C\c1cc2c(cc1[N+](=O)[O-])OCO2. The molecule has 150 valence electrons. The van der Waals surface area contributed by atoms with Gasteiger partial charge in [0.2, 0.25) is 6.79 Å². The van der Waals surface area contributed by atoms with Gasteiger partial charge in [-0.2, -0.15) is 5.10 Å². The molecule has 2 aromatic carbocycles. The molecule has 0 radical (unpaired) electrons. The lowest BCUT2D eigenvalue weighted by molar-refractivity contribution is -0.385. The van der Waals surface area contributed by atoms with E-state index in [4.69, 9.17) is 14.2 Å². The van der Waals surface area contributed by atoms with Crippen molar-refractivity contribution in [1.82, 2.24) is 5.43 Å². The maximum atomic E-state index is 11.8. The van der Waals surface area contributed by atoms with Crippen LogP contribution in [0.3, 0.4) is 0 Å². The van der Waals surface area contributed by atoms with Crippen molar-refractivity contribution in [2.45, 2.75) is 0 Å². The lowest BCUT2D eigenvalue weighted by Gasteiger charge is -2.07. The van der Waals surface area contributed by atoms with Gasteiger partial charge in [-0.1, -0.05) is 0 Å². The van der Waals surface area contributed by atoms with E-state index < -0.39 is 22.4 Å². The summed E-state index contributed by atoms with van der Waals surface area (Å²) in [7, 11) is 0. The number of rotatable bonds is 7. The number of non-ortho nitro benzene ring substituents is 1. The molecule has 1 N–H and O–H groups in total. The van der Waals surface area contributed by atoms with Crippen molar-refractivity contribution in [3.8, 4) is 17.2 Å². The third-order valence-corrected chi connectivity index (χ3v) is 4.22. The van der Waals surface area contributed by atoms with Crippen LogP contribution >= 0.6 is 15.9 Å². The third kappa shape index (κ3) is 4.76. The molecule has 0 unspecified atom stereocenters. The molecule has 1 aliphatic heterocycles. The number of halogens is 1. The van der Waals surface area contributed by atoms with Gasteiger partial charge < -0.3 is 14.2 Å². The van der Waals surface area contributed by atoms with Crippen molar-refractivity contribution >= 4 is 39.4 Å². The van der Waals surface area contributed by atoms with Gasteiger partial charge in [-0.25, -0.2) is 5.43 Å². The van der Waals surface area contributed by atoms with Crippen molar-refractivity contribution in [1.29, 1.82) is 0 Å². The van der Waals surface area contributed by atoms with Gasteiger partial charge in [0.25, 0.3) is 17.3 Å². The summed E-state index contributed by atoms with van der Waals surface area (Å²) in [6.07, 6.45) is 1.10. The summed E-state index contributed by atoms with van der Waals surface area (Å²) in [5, 5.41) is 25.5. The fraction of sp³-hybridized carbons (Fsp3) is 0.125. The Labute approximate surface area is 170 Å². The van der Waals surface area contributed by atoms with Crippen molar-refractivity contribution in [2.24, 2.45) is 5.10 Å². The summed E-state index contributed by atoms with van der Waals surface area (Å²) in [6.45, 7) is -0.476. The van der Waals surface area contributed by atoms with E-state index in [1.165, 1.54) is 30.3 Å². The Bertz CT molecular complexity index is 1030. The fourth-order valence-corrected chi connectivity index (χ4v) is 2.76. The second-order valence-electron chi connectivity index (χ2n) is 5.48. The van der Waals surface area contributed by atoms with E-state index >= 15 is 0 Å². The lowest BCUT2D eigenvalue weighted by Crippen LogP contribution is -2.24. The van der Waals surface area contributed by atoms with Gasteiger partial charge in [0.15, 0.2) is 18.1 Å². The topological polar surface area (TPSA) is 155 Å². The Hall–Kier alpha value is -3.74. The molecule has 12 nitrogen and oxygen atoms in total. The van der Waals surface area contributed by atoms with Gasteiger partial charge in [-0.05, 0) is 28.1 Å². The number of nitrogens with zero attached hydrogens (tertiary/aromatic N) is 3. The number of carbonyl (C=O) groups is 1. The van der Waals surface area contributed by atoms with Crippen LogP contribution in [0, 0.1) is 20.2 Å². The first-order valence-corrected chi connectivity index (χ1v) is 8.61. The first-order chi connectivity index (χ1) is 13.8. The summed E-state index contributed by atoms with van der Waals surface area (Å²) in [4.78, 5) is 32.5. The molecule has 0 spiro atoms. The predicted molar refractivity (Wildman–Crippen MR) is 101 cm³/mol. The highest BCUT2D eigenvalue weighted by Crippen LogP contribution is 2.37. The van der Waals surface area contributed by atoms with E-state index in [1.54, 1.807) is 0 Å². The van der Waals surface area contributed by atoms with Gasteiger partial charge in [0, 0.05) is 12.1 Å². The number of nitro benzene ring substituents is 2. The zero-order chi connectivity index (χ0) is 21.0. The second kappa shape index (κ2) is 8.52. The van der Waals surface area contributed by atoms with Crippen molar-refractivity contribution in [2.75, 3.05) is 13.4 Å². The first kappa shape index (κ1) is 20.0. The van der Waals surface area contributed by atoms with Crippen LogP contribution in [0.2, 0.25) is 0 Å². The van der Waals surface area contributed by atoms with Crippen LogP contribution in [0.1, 0.15) is 5.56 Å². The largest absolute Gasteiger partial charge is 0.483 e. The highest BCUT2D eigenvalue weighted by atomic mass is 79.9. The molecule has 1 aliphatic rings. The Morgan fingerprint density at radius 3 is 2.59 bits per heavy atom. The molecular weight excluding hydrogens is 456 g/mol. The summed E-state index contributed by atoms with van der Waals surface area (Å²) >= 11 is 3.12. The number of nitrogens with one attached hydrogen (secondary N) is 1. The summed E-state index contributed by atoms with van der Waals surface area (Å²) in [5.74, 6) is 0.158. The van der Waals surface area contributed by atoms with Gasteiger partial charge >= 0.3 is 0 Å². The number of carbonyl (C=O) groups excluding carboxylic acids is 1. The van der Waals surface area contributed by atoms with Crippen LogP contribution in [0.15, 0.2) is 39.9 Å². The zero-order valence-corrected chi connectivity index (χ0v) is 15.9. The molecule has 1 amide bonds. The van der Waals surface area contributed by atoms with E-state index in [0.29, 0.717) is 10.2 Å². The highest BCUT2D eigenvalue weighted by molar-refractivity contribution is 9.10. The lowest BCUT2D eigenvalue weighted by atomic mass is 10.1. The van der Waals surface area contributed by atoms with Gasteiger partial charge in [-0.3, -0.25) is 25.0 Å². The Morgan fingerprint density at radius 1 is 1.21 bits per heavy atom. The smallest absolute Gasteiger partial charge is 0.282 e. The molecule has 0 saturated carbocycles. The number of fused-ring (bicyclic) bond motifs is 1. The Balaban J connectivity index is 1.60. The monoisotopic (exact) mass is 466 g/mol. The number of benzene rings is 2. The average molecular weight is 467 g/mol. The van der Waals surface area contributed by atoms with E-state index in [9.17, 15) is 25.0 Å². The number of ether oxygens (including phenoxy) is 3. The molecule has 0 aliphatic carbocycles. The molecule has 1 heterocycles. The van der Waals surface area contributed by atoms with Crippen LogP contribution in [0.25, 0.3) is 0 Å². The average Bonchev–Trinajstić information content (AvgIpc) is 3.13. The minimum absolute atomic E-state index is 0.0423. The third-order valence-electron chi connectivity index (χ3n) is 3.60. The molecule has 2 aromatic rings. The predicted octanol–water partition coefficient (Wildman–Crippen LogP) is 2.52. The minimum Gasteiger partial charge on any atom is -0.483 e. The zero-order valence-electron chi connectivity index (χ0n) is 14.4. The highest BCUT2D eigenvalue weighted by Gasteiger charge is 2.22. The Kier molecular flexibility index (Phi) is 5.87. The molecule has 0 atom stereocenters. The summed E-state index contributed by atoms with van der Waals surface area (Å²) in [6, 6.07) is 6.40. The van der Waals surface area contributed by atoms with Crippen molar-refractivity contribution in [3.63, 3.8) is 0 Å². The molecule has 0 bridgehead atoms. The van der Waals surface area contributed by atoms with E-state index in [0.717, 1.165) is 6.21 Å². The maximum Gasteiger partial charge on any atom is 0.282 e. The fourth-order valence-electron chi connectivity index (χ4n) is 2.28. The molecule has 29 heavy (non-hydrogen) atoms. The molecule has 0 fully saturated rings. The maximum absolute atomic E-state index is 11.8. The van der Waals surface area contributed by atoms with Crippen LogP contribution in [0.5, 0.6) is 17.2 Å². The van der Waals surface area contributed by atoms with Crippen LogP contribution in [-0.2, 0) is 4.79 Å². The number of amides is 1. The van der Waals surface area contributed by atoms with Gasteiger partial charge in [0.1, 0.15) is 5.75 Å². The number of hydrazone groups is 1. The standard InChI is InChI=1S/C16H11BrN4O8/c17-11-4-10(20(23)24)1-2-13(11)27-7-16(22)19-18-6-9-3-14-15(29-8-28-14)5-12(9)21(25)26/h1-6H,7-8H2,(H,19,22)/b18-6-. The first-order valence-electron chi connectivity index (χ1n) is 7.82. The normalized spacial score (nSPS) is 12.0. The minimum atomic E-state index is -0.644. The summed E-state index contributed by atoms with van der Waals surface area (Å²) < 4.78 is 15.8. The summed E-state index contributed by atoms with van der Waals surface area (Å²) in [5.41, 5.74) is 1.88. The van der Waals surface area contributed by atoms with Crippen LogP contribution in [-0.4, -0.2) is 35.4 Å². The second-order valence-corrected chi connectivity index (χ2v) is 6.33. The van der Waals surface area contributed by atoms with E-state index in [-0.39, 0.29) is 35.2 Å². The molecule has 0 saturated heterocycles. The molecule has 0 aromatic heterocycles. The van der Waals surface area contributed by atoms with Gasteiger partial charge in [-0.15, -0.1) is 0 Å². The Morgan fingerprint density at radius 2 is 1.93 bits per heavy atom. The van der Waals surface area contributed by atoms with Crippen molar-refractivity contribution in [3.05, 3.63) is 60.6 Å². The van der Waals surface area contributed by atoms with Gasteiger partial charge in [0.05, 0.1) is 32.2 Å². The number of hydrogen-bond donors (Lipinski definition) is 1.